The highest BCUT2D eigenvalue weighted by Gasteiger charge is 2.74. The molecule has 0 aromatic rings. The standard InChI is InChI=1S/C21H29FO5.C21H30O3/c1-18-7-5-13(24)9-12(18)3-4-15-14-6-8-20(27,17(26)11-23)19(14,2)10-16(25)21(15,18)22;1-20-9-7-14(23)11-13(20)3-4-15-16-5-6-18(19(24)12-22)21(16,2)10-8-17(15)20/h9,14-16,23,25,27H,3-8,10-11H2,1-2H3;11,15-18,22H,3-10,12H2,1-2H3/t14-,15-,16-,18-,19-,20-,21-;15-,16-,17-,18+,20-,21-/m00/s1. The van der Waals surface area contributed by atoms with Gasteiger partial charge in [-0.2, -0.15) is 0 Å². The Kier molecular flexibility index (Phi) is 9.12. The van der Waals surface area contributed by atoms with Crippen molar-refractivity contribution in [3.63, 3.8) is 0 Å². The Morgan fingerprint density at radius 3 is 2.08 bits per heavy atom. The molecule has 282 valence electrons. The fraction of sp³-hybridized carbons (Fsp3) is 0.810. The maximum Gasteiger partial charge on any atom is 0.190 e. The summed E-state index contributed by atoms with van der Waals surface area (Å²) in [7, 11) is 0. The maximum atomic E-state index is 16.8. The van der Waals surface area contributed by atoms with Gasteiger partial charge in [-0.1, -0.05) is 38.8 Å². The lowest BCUT2D eigenvalue weighted by atomic mass is 9.44. The van der Waals surface area contributed by atoms with Crippen molar-refractivity contribution in [3.05, 3.63) is 23.3 Å². The van der Waals surface area contributed by atoms with Crippen molar-refractivity contribution in [1.82, 2.24) is 0 Å². The van der Waals surface area contributed by atoms with Gasteiger partial charge in [-0.25, -0.2) is 4.39 Å². The van der Waals surface area contributed by atoms with Crippen LogP contribution >= 0.6 is 0 Å². The molecule has 6 fully saturated rings. The van der Waals surface area contributed by atoms with E-state index in [4.69, 9.17) is 0 Å². The number of allylic oxidation sites excluding steroid dienone is 2. The largest absolute Gasteiger partial charge is 0.390 e. The number of hydrogen-bond donors (Lipinski definition) is 4. The van der Waals surface area contributed by atoms with Crippen molar-refractivity contribution >= 4 is 23.1 Å². The molecule has 51 heavy (non-hydrogen) atoms. The van der Waals surface area contributed by atoms with E-state index in [2.05, 4.69) is 13.8 Å². The first-order valence-electron chi connectivity index (χ1n) is 19.8. The first kappa shape index (κ1) is 37.3. The normalized spacial score (nSPS) is 49.8. The van der Waals surface area contributed by atoms with Crippen LogP contribution in [0.4, 0.5) is 4.39 Å². The Labute approximate surface area is 301 Å². The Bertz CT molecular complexity index is 1570. The smallest absolute Gasteiger partial charge is 0.190 e. The molecule has 0 heterocycles. The van der Waals surface area contributed by atoms with Crippen LogP contribution < -0.4 is 0 Å². The van der Waals surface area contributed by atoms with E-state index in [9.17, 15) is 39.6 Å². The minimum Gasteiger partial charge on any atom is -0.390 e. The fourth-order valence-corrected chi connectivity index (χ4v) is 14.4. The van der Waals surface area contributed by atoms with Gasteiger partial charge in [0.1, 0.15) is 24.5 Å². The molecule has 0 unspecified atom stereocenters. The Morgan fingerprint density at radius 1 is 0.745 bits per heavy atom. The zero-order valence-electron chi connectivity index (χ0n) is 31.0. The highest BCUT2D eigenvalue weighted by Crippen LogP contribution is 2.71. The summed E-state index contributed by atoms with van der Waals surface area (Å²) in [6.07, 6.45) is 13.0. The molecular formula is C42H59FO8. The maximum absolute atomic E-state index is 16.8. The lowest BCUT2D eigenvalue weighted by Gasteiger charge is -2.63. The van der Waals surface area contributed by atoms with Crippen molar-refractivity contribution < 1.29 is 44.0 Å². The number of aliphatic hydroxyl groups is 4. The van der Waals surface area contributed by atoms with E-state index >= 15 is 4.39 Å². The summed E-state index contributed by atoms with van der Waals surface area (Å²) in [5.41, 5.74) is -2.98. The van der Waals surface area contributed by atoms with E-state index in [0.717, 1.165) is 37.7 Å². The predicted octanol–water partition coefficient (Wildman–Crippen LogP) is 5.57. The summed E-state index contributed by atoms with van der Waals surface area (Å²) in [6.45, 7) is 7.25. The Hall–Kier alpha value is -2.07. The van der Waals surface area contributed by atoms with Crippen LogP contribution in [0.25, 0.3) is 0 Å². The van der Waals surface area contributed by atoms with Crippen molar-refractivity contribution in [2.24, 2.45) is 57.2 Å². The number of alkyl halides is 1. The summed E-state index contributed by atoms with van der Waals surface area (Å²) in [6, 6.07) is 0. The molecule has 9 heteroatoms. The zero-order chi connectivity index (χ0) is 36.9. The number of hydrogen-bond acceptors (Lipinski definition) is 8. The van der Waals surface area contributed by atoms with Crippen LogP contribution in [-0.4, -0.2) is 74.1 Å². The molecule has 6 saturated carbocycles. The molecular weight excluding hydrogens is 651 g/mol. The molecule has 4 N–H and O–H groups in total. The summed E-state index contributed by atoms with van der Waals surface area (Å²) >= 11 is 0. The summed E-state index contributed by atoms with van der Waals surface area (Å²) in [5.74, 6) is 1.06. The van der Waals surface area contributed by atoms with E-state index in [1.54, 1.807) is 13.0 Å². The van der Waals surface area contributed by atoms with Crippen LogP contribution in [0.15, 0.2) is 23.3 Å². The van der Waals surface area contributed by atoms with Crippen LogP contribution in [0.3, 0.4) is 0 Å². The van der Waals surface area contributed by atoms with Crippen LogP contribution in [0.1, 0.15) is 124 Å². The average molecular weight is 711 g/mol. The molecule has 0 saturated heterocycles. The van der Waals surface area contributed by atoms with E-state index < -0.39 is 46.5 Å². The van der Waals surface area contributed by atoms with Gasteiger partial charge in [0.05, 0.1) is 6.10 Å². The van der Waals surface area contributed by atoms with Crippen LogP contribution in [0, 0.1) is 57.2 Å². The van der Waals surface area contributed by atoms with Gasteiger partial charge in [0.25, 0.3) is 0 Å². The van der Waals surface area contributed by atoms with Crippen molar-refractivity contribution in [1.29, 1.82) is 0 Å². The number of carbonyl (C=O) groups excluding carboxylic acids is 4. The third-order valence-electron chi connectivity index (χ3n) is 17.3. The topological polar surface area (TPSA) is 149 Å². The van der Waals surface area contributed by atoms with Gasteiger partial charge in [-0.05, 0) is 130 Å². The molecule has 0 radical (unpaired) electrons. The third kappa shape index (κ3) is 5.02. The number of carbonyl (C=O) groups is 4. The lowest BCUT2D eigenvalue weighted by Crippen LogP contribution is -2.69. The molecule has 8 aliphatic rings. The van der Waals surface area contributed by atoms with E-state index in [1.165, 1.54) is 18.4 Å². The molecule has 0 amide bonds. The van der Waals surface area contributed by atoms with Gasteiger partial charge in [0.2, 0.25) is 0 Å². The first-order valence-corrected chi connectivity index (χ1v) is 19.8. The number of fused-ring (bicyclic) bond motifs is 10. The van der Waals surface area contributed by atoms with Crippen LogP contribution in [-0.2, 0) is 19.2 Å². The second kappa shape index (κ2) is 12.5. The molecule has 8 nitrogen and oxygen atoms in total. The van der Waals surface area contributed by atoms with Gasteiger partial charge in [0.15, 0.2) is 23.1 Å². The van der Waals surface area contributed by atoms with Gasteiger partial charge < -0.3 is 20.4 Å². The number of Topliss-reactive ketones (excluding diaryl/α,β-unsaturated/α-hetero) is 2. The minimum absolute atomic E-state index is 0.0171. The fourth-order valence-electron chi connectivity index (χ4n) is 14.4. The number of aliphatic hydroxyl groups excluding tert-OH is 3. The highest BCUT2D eigenvalue weighted by molar-refractivity contribution is 5.92. The molecule has 0 aromatic carbocycles. The first-order chi connectivity index (χ1) is 23.9. The van der Waals surface area contributed by atoms with Crippen molar-refractivity contribution in [2.45, 2.75) is 141 Å². The average Bonchev–Trinajstić information content (AvgIpc) is 3.59. The highest BCUT2D eigenvalue weighted by atomic mass is 19.1. The Morgan fingerprint density at radius 2 is 1.39 bits per heavy atom. The molecule has 0 spiro atoms. The SMILES string of the molecule is C[C@]12CCC(=O)C=C1CC[C@H]1[C@@H]3CC[C@](O)(C(=O)CO)[C@@]3(C)C[C@H](O)[C@@]12F.C[C@]12CC[C@H]3[C@@H](CCC4=CC(=O)CC[C@@]43C)[C@@H]1CC[C@@H]2C(=O)CO. The van der Waals surface area contributed by atoms with E-state index in [1.807, 2.05) is 13.0 Å². The molecule has 0 aliphatic heterocycles. The molecule has 13 atom stereocenters. The van der Waals surface area contributed by atoms with Crippen LogP contribution in [0.5, 0.6) is 0 Å². The number of rotatable bonds is 4. The number of halogens is 1. The van der Waals surface area contributed by atoms with Gasteiger partial charge in [0, 0.05) is 35.5 Å². The quantitative estimate of drug-likeness (QED) is 0.296. The summed E-state index contributed by atoms with van der Waals surface area (Å²) < 4.78 is 16.8. The molecule has 8 aliphatic carbocycles. The monoisotopic (exact) mass is 710 g/mol. The van der Waals surface area contributed by atoms with Gasteiger partial charge in [-0.3, -0.25) is 19.2 Å². The van der Waals surface area contributed by atoms with E-state index in [-0.39, 0.29) is 60.1 Å². The summed E-state index contributed by atoms with van der Waals surface area (Å²) in [5, 5.41) is 40.9. The summed E-state index contributed by atoms with van der Waals surface area (Å²) in [4.78, 5) is 48.4. The second-order valence-corrected chi connectivity index (χ2v) is 18.9. The second-order valence-electron chi connectivity index (χ2n) is 18.9. The minimum atomic E-state index is -1.88. The lowest BCUT2D eigenvalue weighted by molar-refractivity contribution is -0.226. The molecule has 0 aromatic heterocycles. The Balaban J connectivity index is 0.000000160. The molecule has 0 bridgehead atoms. The van der Waals surface area contributed by atoms with E-state index in [0.29, 0.717) is 55.6 Å². The van der Waals surface area contributed by atoms with Crippen molar-refractivity contribution in [2.75, 3.05) is 13.2 Å². The zero-order valence-corrected chi connectivity index (χ0v) is 31.0. The molecule has 8 rings (SSSR count). The van der Waals surface area contributed by atoms with Gasteiger partial charge in [-0.15, -0.1) is 0 Å². The third-order valence-corrected chi connectivity index (χ3v) is 17.3. The van der Waals surface area contributed by atoms with Crippen LogP contribution in [0.2, 0.25) is 0 Å². The number of ketones is 4. The van der Waals surface area contributed by atoms with Gasteiger partial charge >= 0.3 is 0 Å². The van der Waals surface area contributed by atoms with Crippen molar-refractivity contribution in [3.8, 4) is 0 Å². The predicted molar refractivity (Wildman–Crippen MR) is 188 cm³/mol.